The highest BCUT2D eigenvalue weighted by Gasteiger charge is 2.36. The van der Waals surface area contributed by atoms with E-state index in [4.69, 9.17) is 11.6 Å². The fraction of sp³-hybridized carbons (Fsp3) is 0.529. The van der Waals surface area contributed by atoms with Crippen molar-refractivity contribution < 1.29 is 19.7 Å². The number of aliphatic hydroxyl groups excluding tert-OH is 3. The predicted octanol–water partition coefficient (Wildman–Crippen LogP) is 1.45. The molecule has 1 aromatic carbocycles. The van der Waals surface area contributed by atoms with E-state index < -0.39 is 31.0 Å². The van der Waals surface area contributed by atoms with Gasteiger partial charge in [-0.3, -0.25) is 0 Å². The number of aryl methyl sites for hydroxylation is 2. The van der Waals surface area contributed by atoms with E-state index in [1.54, 1.807) is 0 Å². The van der Waals surface area contributed by atoms with Crippen molar-refractivity contribution in [3.63, 3.8) is 0 Å². The zero-order valence-electron chi connectivity index (χ0n) is 13.3. The number of alkyl halides is 1. The molecule has 23 heavy (non-hydrogen) atoms. The fourth-order valence-electron chi connectivity index (χ4n) is 3.05. The maximum Gasteiger partial charge on any atom is 0.113 e. The first-order valence-electron chi connectivity index (χ1n) is 7.65. The Morgan fingerprint density at radius 2 is 1.74 bits per heavy atom. The van der Waals surface area contributed by atoms with E-state index in [2.05, 4.69) is 5.32 Å². The Labute approximate surface area is 140 Å². The molecular weight excluding hydrogens is 321 g/mol. The molecule has 0 spiro atoms. The number of nitrogens with one attached hydrogen (secondary N) is 1. The molecule has 1 aliphatic carbocycles. The summed E-state index contributed by atoms with van der Waals surface area (Å²) in [4.78, 5) is 0. The first-order chi connectivity index (χ1) is 10.8. The van der Waals surface area contributed by atoms with Gasteiger partial charge in [-0.15, -0.1) is 0 Å². The highest BCUT2D eigenvalue weighted by atomic mass is 35.5. The van der Waals surface area contributed by atoms with Gasteiger partial charge in [-0.1, -0.05) is 17.7 Å². The van der Waals surface area contributed by atoms with Crippen LogP contribution in [0.4, 0.5) is 4.39 Å². The predicted molar refractivity (Wildman–Crippen MR) is 88.5 cm³/mol. The van der Waals surface area contributed by atoms with Gasteiger partial charge in [0.15, 0.2) is 0 Å². The van der Waals surface area contributed by atoms with E-state index in [0.717, 1.165) is 17.5 Å². The van der Waals surface area contributed by atoms with E-state index in [0.29, 0.717) is 11.6 Å². The third-order valence-electron chi connectivity index (χ3n) is 4.39. The number of benzene rings is 1. The average Bonchev–Trinajstić information content (AvgIpc) is 2.49. The first-order valence-corrected chi connectivity index (χ1v) is 8.02. The third-order valence-corrected chi connectivity index (χ3v) is 4.60. The topological polar surface area (TPSA) is 72.7 Å². The lowest BCUT2D eigenvalue weighted by Crippen LogP contribution is -2.54. The molecule has 0 fully saturated rings. The van der Waals surface area contributed by atoms with Crippen LogP contribution in [-0.4, -0.2) is 52.9 Å². The molecule has 4 nitrogen and oxygen atoms in total. The maximum absolute atomic E-state index is 12.9. The maximum atomic E-state index is 12.9. The molecule has 4 N–H and O–H groups in total. The summed E-state index contributed by atoms with van der Waals surface area (Å²) >= 11 is 6.02. The summed E-state index contributed by atoms with van der Waals surface area (Å²) < 4.78 is 12.9. The van der Waals surface area contributed by atoms with Crippen molar-refractivity contribution in [1.29, 1.82) is 0 Å². The molecule has 2 rings (SSSR count). The van der Waals surface area contributed by atoms with E-state index in [-0.39, 0.29) is 5.57 Å². The van der Waals surface area contributed by atoms with Crippen LogP contribution in [0.3, 0.4) is 0 Å². The second-order valence-electron chi connectivity index (χ2n) is 6.05. The number of hydrogen-bond acceptors (Lipinski definition) is 4. The molecule has 0 heterocycles. The Kier molecular flexibility index (Phi) is 6.17. The molecule has 0 unspecified atom stereocenters. The van der Waals surface area contributed by atoms with Crippen molar-refractivity contribution in [2.45, 2.75) is 44.6 Å². The quantitative estimate of drug-likeness (QED) is 0.611. The average molecular weight is 344 g/mol. The van der Waals surface area contributed by atoms with Crippen LogP contribution in [-0.2, 0) is 6.42 Å². The summed E-state index contributed by atoms with van der Waals surface area (Å²) in [6, 6.07) is 3.22. The van der Waals surface area contributed by atoms with Gasteiger partial charge in [-0.25, -0.2) is 4.39 Å². The molecule has 0 bridgehead atoms. The first kappa shape index (κ1) is 18.4. The minimum atomic E-state index is -1.39. The van der Waals surface area contributed by atoms with Crippen LogP contribution in [0, 0.1) is 13.8 Å². The zero-order valence-corrected chi connectivity index (χ0v) is 14.0. The summed E-state index contributed by atoms with van der Waals surface area (Å²) in [6.45, 7) is 3.68. The zero-order chi connectivity index (χ0) is 17.1. The summed E-state index contributed by atoms with van der Waals surface area (Å²) in [6.07, 6.45) is -1.73. The van der Waals surface area contributed by atoms with E-state index in [9.17, 15) is 19.7 Å². The van der Waals surface area contributed by atoms with Gasteiger partial charge in [0.2, 0.25) is 0 Å². The van der Waals surface area contributed by atoms with Crippen LogP contribution in [0.2, 0.25) is 5.02 Å². The molecule has 1 aliphatic rings. The minimum absolute atomic E-state index is 0.0964. The smallest absolute Gasteiger partial charge is 0.113 e. The molecule has 0 radical (unpaired) electrons. The Bertz CT molecular complexity index is 570. The van der Waals surface area contributed by atoms with Crippen LogP contribution < -0.4 is 5.32 Å². The lowest BCUT2D eigenvalue weighted by Gasteiger charge is -2.34. The lowest BCUT2D eigenvalue weighted by atomic mass is 9.88. The summed E-state index contributed by atoms with van der Waals surface area (Å²) in [5.41, 5.74) is 3.45. The number of halogens is 2. The van der Waals surface area contributed by atoms with Crippen molar-refractivity contribution >= 4 is 11.6 Å². The van der Waals surface area contributed by atoms with Crippen molar-refractivity contribution in [2.75, 3.05) is 13.2 Å². The standard InChI is InChI=1S/C17H23ClFNO3/c1-9-5-12(18)6-10(2)13(9)3-4-20-14-7-11(8-19)15(21)17(23)16(14)22/h5-7,14-17,20-23H,3-4,8H2,1-2H3/t14-,15+,16+,17+/m1/s1. The fourth-order valence-corrected chi connectivity index (χ4v) is 3.38. The largest absolute Gasteiger partial charge is 0.388 e. The highest BCUT2D eigenvalue weighted by molar-refractivity contribution is 6.30. The second kappa shape index (κ2) is 7.73. The van der Waals surface area contributed by atoms with Crippen LogP contribution in [0.15, 0.2) is 23.8 Å². The Morgan fingerprint density at radius 3 is 2.30 bits per heavy atom. The Balaban J connectivity index is 2.02. The van der Waals surface area contributed by atoms with Gasteiger partial charge < -0.3 is 20.6 Å². The van der Waals surface area contributed by atoms with E-state index in [1.165, 1.54) is 11.6 Å². The van der Waals surface area contributed by atoms with Crippen molar-refractivity contribution in [3.05, 3.63) is 45.5 Å². The molecule has 0 saturated heterocycles. The molecule has 6 heteroatoms. The number of hydrogen-bond donors (Lipinski definition) is 4. The Morgan fingerprint density at radius 1 is 1.13 bits per heavy atom. The normalized spacial score (nSPS) is 27.9. The summed E-state index contributed by atoms with van der Waals surface area (Å²) in [7, 11) is 0. The van der Waals surface area contributed by atoms with Crippen LogP contribution >= 0.6 is 11.6 Å². The molecular formula is C17H23ClFNO3. The van der Waals surface area contributed by atoms with E-state index >= 15 is 0 Å². The molecule has 0 amide bonds. The molecule has 0 saturated carbocycles. The number of rotatable bonds is 5. The summed E-state index contributed by atoms with van der Waals surface area (Å²) in [5.74, 6) is 0. The van der Waals surface area contributed by atoms with Gasteiger partial charge in [0, 0.05) is 5.02 Å². The van der Waals surface area contributed by atoms with Gasteiger partial charge in [-0.05, 0) is 61.2 Å². The van der Waals surface area contributed by atoms with Crippen LogP contribution in [0.5, 0.6) is 0 Å². The van der Waals surface area contributed by atoms with Crippen LogP contribution in [0.25, 0.3) is 0 Å². The monoisotopic (exact) mass is 343 g/mol. The van der Waals surface area contributed by atoms with Gasteiger partial charge in [0.05, 0.1) is 6.04 Å². The second-order valence-corrected chi connectivity index (χ2v) is 6.49. The lowest BCUT2D eigenvalue weighted by molar-refractivity contribution is -0.0628. The highest BCUT2D eigenvalue weighted by Crippen LogP contribution is 2.22. The minimum Gasteiger partial charge on any atom is -0.388 e. The summed E-state index contributed by atoms with van der Waals surface area (Å²) in [5, 5.41) is 33.3. The third kappa shape index (κ3) is 4.11. The van der Waals surface area contributed by atoms with Crippen molar-refractivity contribution in [1.82, 2.24) is 5.32 Å². The van der Waals surface area contributed by atoms with Gasteiger partial charge in [0.25, 0.3) is 0 Å². The molecule has 1 aromatic rings. The van der Waals surface area contributed by atoms with Gasteiger partial charge in [-0.2, -0.15) is 0 Å². The number of aliphatic hydroxyl groups is 3. The van der Waals surface area contributed by atoms with Crippen molar-refractivity contribution in [3.8, 4) is 0 Å². The van der Waals surface area contributed by atoms with Gasteiger partial charge >= 0.3 is 0 Å². The molecule has 0 aromatic heterocycles. The van der Waals surface area contributed by atoms with E-state index in [1.807, 2.05) is 26.0 Å². The molecule has 128 valence electrons. The molecule has 4 atom stereocenters. The van der Waals surface area contributed by atoms with Crippen molar-refractivity contribution in [2.24, 2.45) is 0 Å². The van der Waals surface area contributed by atoms with Gasteiger partial charge in [0.1, 0.15) is 25.0 Å². The Hall–Kier alpha value is -0.980. The molecule has 0 aliphatic heterocycles. The van der Waals surface area contributed by atoms with Crippen LogP contribution in [0.1, 0.15) is 16.7 Å². The SMILES string of the molecule is Cc1cc(Cl)cc(C)c1CCN[C@@H]1C=C(CF)[C@H](O)[C@H](O)[C@H]1O.